The van der Waals surface area contributed by atoms with E-state index >= 15 is 0 Å². The van der Waals surface area contributed by atoms with Crippen LogP contribution < -0.4 is 0 Å². The van der Waals surface area contributed by atoms with Crippen LogP contribution in [0, 0.1) is 17.8 Å². The summed E-state index contributed by atoms with van der Waals surface area (Å²) < 4.78 is 14.5. The third-order valence-electron chi connectivity index (χ3n) is 5.53. The molecule has 31 heavy (non-hydrogen) atoms. The Morgan fingerprint density at radius 2 is 1.84 bits per heavy atom. The maximum Gasteiger partial charge on any atom is 0.126 e. The van der Waals surface area contributed by atoms with E-state index in [1.807, 2.05) is 33.0 Å². The number of aryl methyl sites for hydroxylation is 1. The molecule has 3 heteroatoms. The number of aliphatic imine (C=N–C) groups is 1. The summed E-state index contributed by atoms with van der Waals surface area (Å²) in [6.45, 7) is 21.1. The van der Waals surface area contributed by atoms with Crippen LogP contribution in [-0.4, -0.2) is 16.4 Å². The number of aromatic nitrogens is 1. The number of halogens is 1. The fourth-order valence-corrected chi connectivity index (χ4v) is 3.06. The van der Waals surface area contributed by atoms with Crippen LogP contribution in [0.15, 0.2) is 52.3 Å². The second-order valence-electron chi connectivity index (χ2n) is 9.59. The molecule has 0 aliphatic heterocycles. The molecule has 0 saturated heterocycles. The number of pyridine rings is 1. The van der Waals surface area contributed by atoms with E-state index in [2.05, 4.69) is 39.3 Å². The molecule has 2 nitrogen and oxygen atoms in total. The molecule has 1 aromatic heterocycles. The summed E-state index contributed by atoms with van der Waals surface area (Å²) in [6, 6.07) is 2.20. The van der Waals surface area contributed by atoms with E-state index in [0.717, 1.165) is 58.6 Å². The molecule has 0 atom stereocenters. The standard InChI is InChI=1S/C28H39FN2/c1-12-14-24-16-23(17-27(8,9)13-2)18-30-26(24)22(7)31-25(21(6)19(3)4)15-20(5)28(10,11)29/h2,15-16,18H,3,12,14,17H2,1,4-11H3/b20-15+,25-21+,31-22?. The van der Waals surface area contributed by atoms with Crippen LogP contribution in [0.1, 0.15) is 85.6 Å². The SMILES string of the molecule is C#CC(C)(C)Cc1cnc(C(C)=NC(/C=C(\C)C(C)(C)F)=C(\C)C(=C)C)c(CCC)c1. The molecule has 0 N–H and O–H groups in total. The van der Waals surface area contributed by atoms with Crippen LogP contribution in [0.5, 0.6) is 0 Å². The average molecular weight is 423 g/mol. The van der Waals surface area contributed by atoms with E-state index in [4.69, 9.17) is 16.4 Å². The summed E-state index contributed by atoms with van der Waals surface area (Å²) in [5, 5.41) is 0. The maximum absolute atomic E-state index is 14.5. The molecule has 0 bridgehead atoms. The van der Waals surface area contributed by atoms with Crippen molar-refractivity contribution in [2.75, 3.05) is 0 Å². The minimum Gasteiger partial charge on any atom is -0.254 e. The lowest BCUT2D eigenvalue weighted by Crippen LogP contribution is -2.14. The van der Waals surface area contributed by atoms with Gasteiger partial charge in [0.25, 0.3) is 0 Å². The molecular weight excluding hydrogens is 383 g/mol. The van der Waals surface area contributed by atoms with E-state index < -0.39 is 5.67 Å². The summed E-state index contributed by atoms with van der Waals surface area (Å²) in [7, 11) is 0. The van der Waals surface area contributed by atoms with Gasteiger partial charge in [-0.3, -0.25) is 9.98 Å². The fraction of sp³-hybridized carbons (Fsp3) is 0.500. The van der Waals surface area contributed by atoms with Crippen LogP contribution >= 0.6 is 0 Å². The molecule has 0 fully saturated rings. The molecule has 0 aliphatic rings. The predicted molar refractivity (Wildman–Crippen MR) is 133 cm³/mol. The first kappa shape index (κ1) is 26.6. The van der Waals surface area contributed by atoms with E-state index in [0.29, 0.717) is 5.57 Å². The number of allylic oxidation sites excluding steroid dienone is 4. The third kappa shape index (κ3) is 7.94. The van der Waals surface area contributed by atoms with Crippen molar-refractivity contribution in [3.05, 3.63) is 64.2 Å². The second-order valence-corrected chi connectivity index (χ2v) is 9.59. The van der Waals surface area contributed by atoms with Crippen molar-refractivity contribution in [2.24, 2.45) is 10.4 Å². The van der Waals surface area contributed by atoms with Crippen molar-refractivity contribution in [1.29, 1.82) is 0 Å². The summed E-state index contributed by atoms with van der Waals surface area (Å²) in [5.74, 6) is 2.86. The van der Waals surface area contributed by atoms with E-state index in [1.54, 1.807) is 20.8 Å². The summed E-state index contributed by atoms with van der Waals surface area (Å²) in [4.78, 5) is 9.64. The third-order valence-corrected chi connectivity index (χ3v) is 5.53. The molecule has 1 aromatic rings. The molecule has 1 rings (SSSR count). The van der Waals surface area contributed by atoms with Gasteiger partial charge in [-0.05, 0) is 96.6 Å². The van der Waals surface area contributed by atoms with Gasteiger partial charge in [0.2, 0.25) is 0 Å². The van der Waals surface area contributed by atoms with Crippen LogP contribution in [0.4, 0.5) is 4.39 Å². The Balaban J connectivity index is 3.55. The van der Waals surface area contributed by atoms with Gasteiger partial charge in [0.15, 0.2) is 0 Å². The topological polar surface area (TPSA) is 25.2 Å². The normalized spacial score (nSPS) is 14.2. The molecule has 0 spiro atoms. The molecule has 0 amide bonds. The average Bonchev–Trinajstić information content (AvgIpc) is 2.66. The highest BCUT2D eigenvalue weighted by Gasteiger charge is 2.19. The quantitative estimate of drug-likeness (QED) is 0.229. The van der Waals surface area contributed by atoms with Gasteiger partial charge < -0.3 is 0 Å². The van der Waals surface area contributed by atoms with Crippen LogP contribution in [0.25, 0.3) is 0 Å². The summed E-state index contributed by atoms with van der Waals surface area (Å²) in [6.07, 6.45) is 12.1. The van der Waals surface area contributed by atoms with Crippen molar-refractivity contribution in [3.63, 3.8) is 0 Å². The van der Waals surface area contributed by atoms with Gasteiger partial charge in [-0.1, -0.05) is 31.6 Å². The Kier molecular flexibility index (Phi) is 9.18. The Morgan fingerprint density at radius 3 is 2.32 bits per heavy atom. The molecule has 0 saturated carbocycles. The lowest BCUT2D eigenvalue weighted by Gasteiger charge is -2.19. The van der Waals surface area contributed by atoms with Crippen molar-refractivity contribution >= 4 is 5.71 Å². The smallest absolute Gasteiger partial charge is 0.126 e. The Bertz CT molecular complexity index is 944. The largest absolute Gasteiger partial charge is 0.254 e. The second kappa shape index (κ2) is 10.7. The van der Waals surface area contributed by atoms with E-state index in [1.165, 1.54) is 0 Å². The Labute approximate surface area is 189 Å². The monoisotopic (exact) mass is 422 g/mol. The summed E-state index contributed by atoms with van der Waals surface area (Å²) >= 11 is 0. The van der Waals surface area contributed by atoms with Crippen molar-refractivity contribution < 1.29 is 4.39 Å². The van der Waals surface area contributed by atoms with Gasteiger partial charge >= 0.3 is 0 Å². The minimum atomic E-state index is -1.42. The lowest BCUT2D eigenvalue weighted by molar-refractivity contribution is 0.268. The Hall–Kier alpha value is -2.47. The zero-order valence-corrected chi connectivity index (χ0v) is 20.9. The highest BCUT2D eigenvalue weighted by Crippen LogP contribution is 2.26. The van der Waals surface area contributed by atoms with Crippen molar-refractivity contribution in [1.82, 2.24) is 4.98 Å². The van der Waals surface area contributed by atoms with Crippen molar-refractivity contribution in [3.8, 4) is 12.3 Å². The van der Waals surface area contributed by atoms with Gasteiger partial charge in [0, 0.05) is 11.6 Å². The zero-order valence-electron chi connectivity index (χ0n) is 20.9. The maximum atomic E-state index is 14.5. The number of hydrogen-bond acceptors (Lipinski definition) is 2. The van der Waals surface area contributed by atoms with Gasteiger partial charge in [-0.15, -0.1) is 12.3 Å². The number of alkyl halides is 1. The molecule has 0 aliphatic carbocycles. The molecule has 0 aromatic carbocycles. The van der Waals surface area contributed by atoms with Crippen LogP contribution in [0.2, 0.25) is 0 Å². The highest BCUT2D eigenvalue weighted by molar-refractivity contribution is 5.99. The zero-order chi connectivity index (χ0) is 24.0. The number of terminal acetylenes is 1. The van der Waals surface area contributed by atoms with E-state index in [9.17, 15) is 4.39 Å². The number of hydrogen-bond donors (Lipinski definition) is 0. The van der Waals surface area contributed by atoms with E-state index in [-0.39, 0.29) is 5.41 Å². The first-order valence-electron chi connectivity index (χ1n) is 11.0. The Morgan fingerprint density at radius 1 is 1.23 bits per heavy atom. The molecule has 0 radical (unpaired) electrons. The fourth-order valence-electron chi connectivity index (χ4n) is 3.06. The molecular formula is C28H39FN2. The summed E-state index contributed by atoms with van der Waals surface area (Å²) in [5.41, 5.74) is 5.52. The van der Waals surface area contributed by atoms with Crippen molar-refractivity contribution in [2.45, 2.75) is 87.2 Å². The minimum absolute atomic E-state index is 0.216. The van der Waals surface area contributed by atoms with Gasteiger partial charge in [0.1, 0.15) is 5.67 Å². The molecule has 0 unspecified atom stereocenters. The van der Waals surface area contributed by atoms with Crippen LogP contribution in [0.3, 0.4) is 0 Å². The first-order chi connectivity index (χ1) is 14.2. The number of rotatable bonds is 9. The number of nitrogens with zero attached hydrogens (tertiary/aromatic N) is 2. The predicted octanol–water partition coefficient (Wildman–Crippen LogP) is 7.59. The van der Waals surface area contributed by atoms with Gasteiger partial charge in [-0.2, -0.15) is 0 Å². The van der Waals surface area contributed by atoms with Gasteiger partial charge in [0.05, 0.1) is 17.1 Å². The van der Waals surface area contributed by atoms with Crippen LogP contribution in [-0.2, 0) is 12.8 Å². The van der Waals surface area contributed by atoms with Gasteiger partial charge in [-0.25, -0.2) is 4.39 Å². The molecule has 168 valence electrons. The highest BCUT2D eigenvalue weighted by atomic mass is 19.1. The first-order valence-corrected chi connectivity index (χ1v) is 11.0. The lowest BCUT2D eigenvalue weighted by atomic mass is 9.86. The molecule has 1 heterocycles.